The molecule has 2 heterocycles. The second kappa shape index (κ2) is 9.76. The second-order valence-corrected chi connectivity index (χ2v) is 8.88. The molecule has 2 aromatic carbocycles. The molecule has 0 amide bonds. The Labute approximate surface area is 195 Å². The van der Waals surface area contributed by atoms with Gasteiger partial charge in [-0.15, -0.1) is 0 Å². The van der Waals surface area contributed by atoms with E-state index in [-0.39, 0.29) is 0 Å². The van der Waals surface area contributed by atoms with E-state index in [1.165, 1.54) is 11.1 Å². The average molecular weight is 448 g/mol. The van der Waals surface area contributed by atoms with Crippen LogP contribution in [0.1, 0.15) is 32.3 Å². The molecule has 166 valence electrons. The van der Waals surface area contributed by atoms with Crippen LogP contribution in [0, 0.1) is 0 Å². The number of rotatable bonds is 6. The highest BCUT2D eigenvalue weighted by Gasteiger charge is 2.39. The smallest absolute Gasteiger partial charge is 0.139 e. The van der Waals surface area contributed by atoms with Crippen molar-refractivity contribution in [3.63, 3.8) is 0 Å². The maximum atomic E-state index is 6.78. The van der Waals surface area contributed by atoms with Crippen molar-refractivity contribution < 1.29 is 4.74 Å². The van der Waals surface area contributed by atoms with Gasteiger partial charge < -0.3 is 10.5 Å². The molecule has 3 aromatic rings. The zero-order valence-corrected chi connectivity index (χ0v) is 19.5. The van der Waals surface area contributed by atoms with Crippen LogP contribution in [0.3, 0.4) is 0 Å². The number of hydrogen-bond acceptors (Lipinski definition) is 4. The van der Waals surface area contributed by atoms with Gasteiger partial charge in [0, 0.05) is 44.1 Å². The summed E-state index contributed by atoms with van der Waals surface area (Å²) in [5.74, 6) is 1.16. The summed E-state index contributed by atoms with van der Waals surface area (Å²) >= 11 is 6.66. The second-order valence-electron chi connectivity index (χ2n) is 8.48. The summed E-state index contributed by atoms with van der Waals surface area (Å²) in [4.78, 5) is 6.66. The topological polar surface area (TPSA) is 51.4 Å². The molecular weight excluding hydrogens is 418 g/mol. The molecule has 1 aliphatic rings. The zero-order chi connectivity index (χ0) is 22.6. The SMILES string of the molecule is C/C=C\C=C(/C)CN1CCC(Oc2cc3ccnc(N)c3cc2Cl)(c2ccccc2)CC1. The monoisotopic (exact) mass is 447 g/mol. The predicted octanol–water partition coefficient (Wildman–Crippen LogP) is 6.36. The molecule has 2 N–H and O–H groups in total. The van der Waals surface area contributed by atoms with Crippen molar-refractivity contribution in [1.82, 2.24) is 9.88 Å². The summed E-state index contributed by atoms with van der Waals surface area (Å²) in [6.45, 7) is 7.11. The molecule has 0 radical (unpaired) electrons. The third-order valence-electron chi connectivity index (χ3n) is 6.16. The number of ether oxygens (including phenoxy) is 1. The highest BCUT2D eigenvalue weighted by Crippen LogP contribution is 2.41. The summed E-state index contributed by atoms with van der Waals surface area (Å²) in [5.41, 5.74) is 8.16. The summed E-state index contributed by atoms with van der Waals surface area (Å²) in [6, 6.07) is 16.3. The molecule has 1 saturated heterocycles. The lowest BCUT2D eigenvalue weighted by Gasteiger charge is -2.42. The van der Waals surface area contributed by atoms with Gasteiger partial charge in [-0.2, -0.15) is 0 Å². The Balaban J connectivity index is 1.62. The van der Waals surface area contributed by atoms with E-state index < -0.39 is 5.60 Å². The zero-order valence-electron chi connectivity index (χ0n) is 18.7. The van der Waals surface area contributed by atoms with Crippen molar-refractivity contribution in [3.05, 3.63) is 89.1 Å². The molecule has 1 aliphatic heterocycles. The van der Waals surface area contributed by atoms with E-state index in [1.54, 1.807) is 6.20 Å². The van der Waals surface area contributed by atoms with Crippen LogP contribution in [0.4, 0.5) is 5.82 Å². The Bertz CT molecular complexity index is 1130. The number of nitrogens with zero attached hydrogens (tertiary/aromatic N) is 2. The molecule has 32 heavy (non-hydrogen) atoms. The van der Waals surface area contributed by atoms with E-state index in [9.17, 15) is 0 Å². The Morgan fingerprint density at radius 2 is 1.94 bits per heavy atom. The van der Waals surface area contributed by atoms with E-state index in [0.29, 0.717) is 16.6 Å². The summed E-state index contributed by atoms with van der Waals surface area (Å²) in [7, 11) is 0. The van der Waals surface area contributed by atoms with E-state index >= 15 is 0 Å². The summed E-state index contributed by atoms with van der Waals surface area (Å²) < 4.78 is 6.78. The lowest BCUT2D eigenvalue weighted by Crippen LogP contribution is -2.46. The number of hydrogen-bond donors (Lipinski definition) is 1. The fourth-order valence-electron chi connectivity index (χ4n) is 4.41. The number of nitrogens with two attached hydrogens (primary N) is 1. The Morgan fingerprint density at radius 3 is 2.66 bits per heavy atom. The van der Waals surface area contributed by atoms with Crippen molar-refractivity contribution >= 4 is 28.2 Å². The first-order chi connectivity index (χ1) is 15.5. The maximum Gasteiger partial charge on any atom is 0.139 e. The van der Waals surface area contributed by atoms with Crippen LogP contribution >= 0.6 is 11.6 Å². The Morgan fingerprint density at radius 1 is 1.19 bits per heavy atom. The van der Waals surface area contributed by atoms with Crippen molar-refractivity contribution in [2.24, 2.45) is 0 Å². The number of anilines is 1. The molecule has 0 atom stereocenters. The van der Waals surface area contributed by atoms with Crippen molar-refractivity contribution in [2.75, 3.05) is 25.4 Å². The molecule has 1 fully saturated rings. The highest BCUT2D eigenvalue weighted by molar-refractivity contribution is 6.33. The molecule has 1 aromatic heterocycles. The van der Waals surface area contributed by atoms with E-state index in [2.05, 4.69) is 59.3 Å². The Hall–Kier alpha value is -2.82. The molecule has 0 unspecified atom stereocenters. The Kier molecular flexibility index (Phi) is 6.83. The highest BCUT2D eigenvalue weighted by atomic mass is 35.5. The van der Waals surface area contributed by atoms with Crippen LogP contribution in [-0.4, -0.2) is 29.5 Å². The van der Waals surface area contributed by atoms with Gasteiger partial charge in [0.1, 0.15) is 17.2 Å². The van der Waals surface area contributed by atoms with Crippen LogP contribution < -0.4 is 10.5 Å². The summed E-state index contributed by atoms with van der Waals surface area (Å²) in [6.07, 6.45) is 9.84. The van der Waals surface area contributed by atoms with Gasteiger partial charge in [0.05, 0.1) is 5.02 Å². The largest absolute Gasteiger partial charge is 0.481 e. The number of benzene rings is 2. The lowest BCUT2D eigenvalue weighted by molar-refractivity contribution is -0.000296. The maximum absolute atomic E-state index is 6.78. The number of aromatic nitrogens is 1. The number of fused-ring (bicyclic) bond motifs is 1. The summed E-state index contributed by atoms with van der Waals surface area (Å²) in [5, 5.41) is 2.37. The van der Waals surface area contributed by atoms with Crippen molar-refractivity contribution in [1.29, 1.82) is 0 Å². The third kappa shape index (κ3) is 4.82. The average Bonchev–Trinajstić information content (AvgIpc) is 2.81. The molecule has 5 heteroatoms. The third-order valence-corrected chi connectivity index (χ3v) is 6.46. The molecule has 0 bridgehead atoms. The van der Waals surface area contributed by atoms with Crippen LogP contribution in [0.15, 0.2) is 78.5 Å². The van der Waals surface area contributed by atoms with Crippen LogP contribution in [-0.2, 0) is 5.60 Å². The first-order valence-corrected chi connectivity index (χ1v) is 11.5. The van der Waals surface area contributed by atoms with Crippen molar-refractivity contribution in [2.45, 2.75) is 32.3 Å². The standard InChI is InChI=1S/C27H30ClN3O/c1-3-4-8-20(2)19-31-15-12-27(13-16-31,22-9-6-5-7-10-22)32-25-17-21-11-14-30-26(29)23(21)18-24(25)28/h3-11,14,17-18H,12-13,15-16,19H2,1-2H3,(H2,29,30)/b4-3-,20-8+. The quantitative estimate of drug-likeness (QED) is 0.446. The van der Waals surface area contributed by atoms with Gasteiger partial charge in [-0.1, -0.05) is 65.7 Å². The van der Waals surface area contributed by atoms with Gasteiger partial charge in [-0.25, -0.2) is 4.98 Å². The normalized spacial score (nSPS) is 17.2. The van der Waals surface area contributed by atoms with Crippen LogP contribution in [0.5, 0.6) is 5.75 Å². The van der Waals surface area contributed by atoms with E-state index in [4.69, 9.17) is 22.1 Å². The molecule has 4 rings (SSSR count). The molecule has 0 spiro atoms. The van der Waals surface area contributed by atoms with Gasteiger partial charge in [0.15, 0.2) is 0 Å². The minimum absolute atomic E-state index is 0.422. The van der Waals surface area contributed by atoms with E-state index in [1.807, 2.05) is 31.2 Å². The van der Waals surface area contributed by atoms with Gasteiger partial charge in [0.25, 0.3) is 0 Å². The van der Waals surface area contributed by atoms with Gasteiger partial charge in [0.2, 0.25) is 0 Å². The minimum Gasteiger partial charge on any atom is -0.481 e. The molecule has 0 aliphatic carbocycles. The first kappa shape index (κ1) is 22.4. The van der Waals surface area contributed by atoms with Crippen LogP contribution in [0.25, 0.3) is 10.8 Å². The molecule has 0 saturated carbocycles. The van der Waals surface area contributed by atoms with Crippen LogP contribution in [0.2, 0.25) is 5.02 Å². The number of nitrogen functional groups attached to an aromatic ring is 1. The lowest BCUT2D eigenvalue weighted by atomic mass is 9.83. The van der Waals surface area contributed by atoms with Gasteiger partial charge in [-0.3, -0.25) is 4.90 Å². The minimum atomic E-state index is -0.422. The van der Waals surface area contributed by atoms with Gasteiger partial charge in [-0.05, 0) is 43.0 Å². The van der Waals surface area contributed by atoms with E-state index in [0.717, 1.165) is 43.2 Å². The first-order valence-electron chi connectivity index (χ1n) is 11.1. The number of allylic oxidation sites excluding steroid dienone is 3. The number of halogens is 1. The fraction of sp³-hybridized carbons (Fsp3) is 0.296. The predicted molar refractivity (Wildman–Crippen MR) is 134 cm³/mol. The number of piperidine rings is 1. The number of likely N-dealkylation sites (tertiary alicyclic amines) is 1. The van der Waals surface area contributed by atoms with Gasteiger partial charge >= 0.3 is 0 Å². The fourth-order valence-corrected chi connectivity index (χ4v) is 4.62. The molecule has 4 nitrogen and oxygen atoms in total. The molecular formula is C27H30ClN3O. The number of pyridine rings is 1. The van der Waals surface area contributed by atoms with Crippen molar-refractivity contribution in [3.8, 4) is 5.75 Å².